The molecular weight excluding hydrogens is 232 g/mol. The summed E-state index contributed by atoms with van der Waals surface area (Å²) in [5.41, 5.74) is 6.60. The lowest BCUT2D eigenvalue weighted by atomic mass is 9.72. The molecule has 112 valence electrons. The summed E-state index contributed by atoms with van der Waals surface area (Å²) in [5, 5.41) is 0. The lowest BCUT2D eigenvalue weighted by Gasteiger charge is -2.49. The average molecular weight is 266 g/mol. The van der Waals surface area contributed by atoms with Crippen LogP contribution in [0.3, 0.4) is 0 Å². The van der Waals surface area contributed by atoms with Crippen molar-refractivity contribution in [2.75, 3.05) is 19.6 Å². The van der Waals surface area contributed by atoms with Gasteiger partial charge in [0.25, 0.3) is 0 Å². The van der Waals surface area contributed by atoms with Crippen molar-refractivity contribution < 1.29 is 0 Å². The first-order chi connectivity index (χ1) is 9.15. The zero-order chi connectivity index (χ0) is 13.9. The van der Waals surface area contributed by atoms with Crippen LogP contribution in [0.15, 0.2) is 0 Å². The Balaban J connectivity index is 2.04. The molecule has 0 amide bonds. The second-order valence-electron chi connectivity index (χ2n) is 7.17. The van der Waals surface area contributed by atoms with Crippen LogP contribution in [0, 0.1) is 17.8 Å². The minimum Gasteiger partial charge on any atom is -0.329 e. The molecule has 2 N–H and O–H groups in total. The fourth-order valence-corrected chi connectivity index (χ4v) is 4.12. The van der Waals surface area contributed by atoms with E-state index in [0.717, 1.165) is 24.3 Å². The fraction of sp³-hybridized carbons (Fsp3) is 1.00. The van der Waals surface area contributed by atoms with E-state index in [4.69, 9.17) is 5.73 Å². The molecule has 0 aromatic rings. The summed E-state index contributed by atoms with van der Waals surface area (Å²) in [6.45, 7) is 10.3. The van der Waals surface area contributed by atoms with Gasteiger partial charge in [0, 0.05) is 18.6 Å². The molecule has 2 aliphatic rings. The highest BCUT2D eigenvalue weighted by atomic mass is 15.2. The highest BCUT2D eigenvalue weighted by Crippen LogP contribution is 2.48. The molecule has 19 heavy (non-hydrogen) atoms. The molecule has 0 radical (unpaired) electrons. The van der Waals surface area contributed by atoms with Crippen LogP contribution in [-0.4, -0.2) is 30.1 Å². The third-order valence-corrected chi connectivity index (χ3v) is 5.81. The van der Waals surface area contributed by atoms with Crippen molar-refractivity contribution in [2.45, 2.75) is 71.3 Å². The summed E-state index contributed by atoms with van der Waals surface area (Å²) in [5.74, 6) is 2.82. The number of nitrogens with two attached hydrogens (primary N) is 1. The van der Waals surface area contributed by atoms with Crippen LogP contribution in [0.25, 0.3) is 0 Å². The number of hydrogen-bond donors (Lipinski definition) is 1. The molecule has 0 heterocycles. The van der Waals surface area contributed by atoms with Crippen LogP contribution in [-0.2, 0) is 0 Å². The summed E-state index contributed by atoms with van der Waals surface area (Å²) in [6, 6.07) is 0. The van der Waals surface area contributed by atoms with Gasteiger partial charge in [0.1, 0.15) is 0 Å². The second kappa shape index (κ2) is 6.58. The van der Waals surface area contributed by atoms with E-state index in [9.17, 15) is 0 Å². The van der Waals surface area contributed by atoms with Crippen LogP contribution in [0.4, 0.5) is 0 Å². The van der Waals surface area contributed by atoms with E-state index in [0.29, 0.717) is 5.54 Å². The molecule has 2 aliphatic carbocycles. The molecule has 2 rings (SSSR count). The van der Waals surface area contributed by atoms with E-state index in [2.05, 4.69) is 25.7 Å². The van der Waals surface area contributed by atoms with Crippen molar-refractivity contribution in [1.29, 1.82) is 0 Å². The van der Waals surface area contributed by atoms with Crippen LogP contribution in [0.5, 0.6) is 0 Å². The van der Waals surface area contributed by atoms with Gasteiger partial charge in [-0.25, -0.2) is 0 Å². The smallest absolute Gasteiger partial charge is 0.0334 e. The summed E-state index contributed by atoms with van der Waals surface area (Å²) in [6.07, 6.45) is 9.83. The Morgan fingerprint density at radius 3 is 2.47 bits per heavy atom. The highest BCUT2D eigenvalue weighted by Gasteiger charge is 2.44. The maximum absolute atomic E-state index is 6.27. The van der Waals surface area contributed by atoms with Crippen molar-refractivity contribution in [2.24, 2.45) is 23.5 Å². The van der Waals surface area contributed by atoms with E-state index in [-0.39, 0.29) is 0 Å². The van der Waals surface area contributed by atoms with Gasteiger partial charge >= 0.3 is 0 Å². The van der Waals surface area contributed by atoms with Crippen LogP contribution in [0.2, 0.25) is 0 Å². The molecule has 0 aromatic heterocycles. The number of nitrogens with zero attached hydrogens (tertiary/aromatic N) is 1. The lowest BCUT2D eigenvalue weighted by molar-refractivity contribution is 0.0244. The van der Waals surface area contributed by atoms with E-state index in [1.807, 2.05) is 0 Å². The molecule has 2 nitrogen and oxygen atoms in total. The first-order valence-electron chi connectivity index (χ1n) is 8.60. The van der Waals surface area contributed by atoms with Crippen molar-refractivity contribution >= 4 is 0 Å². The second-order valence-corrected chi connectivity index (χ2v) is 7.17. The molecule has 2 heteroatoms. The van der Waals surface area contributed by atoms with E-state index < -0.39 is 0 Å². The zero-order valence-electron chi connectivity index (χ0n) is 13.3. The van der Waals surface area contributed by atoms with Gasteiger partial charge in [-0.15, -0.1) is 0 Å². The Bertz CT molecular complexity index is 274. The standard InChI is InChI=1S/C17H34N2/c1-4-14(3)12-19(5-2)17(13-18)10-6-7-16(11-17)15-8-9-15/h14-16H,4-13,18H2,1-3H3. The van der Waals surface area contributed by atoms with Crippen molar-refractivity contribution in [1.82, 2.24) is 4.90 Å². The molecule has 2 fully saturated rings. The Kier molecular flexibility index (Phi) is 5.30. The largest absolute Gasteiger partial charge is 0.329 e. The average Bonchev–Trinajstić information content (AvgIpc) is 3.29. The third kappa shape index (κ3) is 3.52. The van der Waals surface area contributed by atoms with Gasteiger partial charge in [-0.3, -0.25) is 4.90 Å². The predicted octanol–water partition coefficient (Wildman–Crippen LogP) is 3.65. The Labute approximate surface area is 120 Å². The zero-order valence-corrected chi connectivity index (χ0v) is 13.3. The van der Waals surface area contributed by atoms with Crippen molar-refractivity contribution in [3.05, 3.63) is 0 Å². The van der Waals surface area contributed by atoms with Crippen LogP contribution < -0.4 is 5.73 Å². The lowest BCUT2D eigenvalue weighted by Crippen LogP contribution is -2.57. The maximum Gasteiger partial charge on any atom is 0.0334 e. The Hall–Kier alpha value is -0.0800. The first kappa shape index (κ1) is 15.3. The summed E-state index contributed by atoms with van der Waals surface area (Å²) >= 11 is 0. The van der Waals surface area contributed by atoms with Crippen LogP contribution in [0.1, 0.15) is 65.7 Å². The highest BCUT2D eigenvalue weighted by molar-refractivity contribution is 4.99. The summed E-state index contributed by atoms with van der Waals surface area (Å²) in [7, 11) is 0. The topological polar surface area (TPSA) is 29.3 Å². The summed E-state index contributed by atoms with van der Waals surface area (Å²) in [4.78, 5) is 2.73. The normalized spacial score (nSPS) is 33.6. The summed E-state index contributed by atoms with van der Waals surface area (Å²) < 4.78 is 0. The third-order valence-electron chi connectivity index (χ3n) is 5.81. The first-order valence-corrected chi connectivity index (χ1v) is 8.60. The maximum atomic E-state index is 6.27. The minimum atomic E-state index is 0.323. The quantitative estimate of drug-likeness (QED) is 0.762. The van der Waals surface area contributed by atoms with Crippen molar-refractivity contribution in [3.8, 4) is 0 Å². The fourth-order valence-electron chi connectivity index (χ4n) is 4.12. The molecule has 0 saturated heterocycles. The number of hydrogen-bond acceptors (Lipinski definition) is 2. The molecule has 2 saturated carbocycles. The Morgan fingerprint density at radius 2 is 1.95 bits per heavy atom. The molecular formula is C17H34N2. The predicted molar refractivity (Wildman–Crippen MR) is 83.2 cm³/mol. The monoisotopic (exact) mass is 266 g/mol. The van der Waals surface area contributed by atoms with E-state index in [1.54, 1.807) is 0 Å². The van der Waals surface area contributed by atoms with Gasteiger partial charge in [-0.1, -0.05) is 40.0 Å². The molecule has 0 spiro atoms. The van der Waals surface area contributed by atoms with Gasteiger partial charge in [-0.05, 0) is 50.0 Å². The van der Waals surface area contributed by atoms with E-state index in [1.165, 1.54) is 58.0 Å². The minimum absolute atomic E-state index is 0.323. The van der Waals surface area contributed by atoms with Crippen molar-refractivity contribution in [3.63, 3.8) is 0 Å². The van der Waals surface area contributed by atoms with Crippen LogP contribution >= 0.6 is 0 Å². The molecule has 0 aromatic carbocycles. The van der Waals surface area contributed by atoms with Gasteiger partial charge in [0.15, 0.2) is 0 Å². The number of rotatable bonds is 7. The SMILES string of the molecule is CCC(C)CN(CC)C1(CN)CCCC(C2CC2)C1. The molecule has 3 atom stereocenters. The van der Waals surface area contributed by atoms with Gasteiger partial charge < -0.3 is 5.73 Å². The van der Waals surface area contributed by atoms with E-state index >= 15 is 0 Å². The molecule has 0 aliphatic heterocycles. The van der Waals surface area contributed by atoms with Gasteiger partial charge in [-0.2, -0.15) is 0 Å². The van der Waals surface area contributed by atoms with Gasteiger partial charge in [0.2, 0.25) is 0 Å². The molecule has 3 unspecified atom stereocenters. The Morgan fingerprint density at radius 1 is 1.21 bits per heavy atom. The molecule has 0 bridgehead atoms. The van der Waals surface area contributed by atoms with Gasteiger partial charge in [0.05, 0.1) is 0 Å². The number of likely N-dealkylation sites (N-methyl/N-ethyl adjacent to an activating group) is 1.